The number of hydrogen-bond donors (Lipinski definition) is 1. The van der Waals surface area contributed by atoms with Gasteiger partial charge in [-0.05, 0) is 44.0 Å². The predicted octanol–water partition coefficient (Wildman–Crippen LogP) is 2.94. The third kappa shape index (κ3) is 5.33. The van der Waals surface area contributed by atoms with Crippen LogP contribution in [0.3, 0.4) is 0 Å². The number of thioether (sulfide) groups is 1. The van der Waals surface area contributed by atoms with Gasteiger partial charge in [0.25, 0.3) is 0 Å². The summed E-state index contributed by atoms with van der Waals surface area (Å²) in [5, 5.41) is 5.16. The predicted molar refractivity (Wildman–Crippen MR) is 110 cm³/mol. The minimum atomic E-state index is 0.775. The van der Waals surface area contributed by atoms with Crippen LogP contribution in [0.15, 0.2) is 35.6 Å². The van der Waals surface area contributed by atoms with E-state index in [0.29, 0.717) is 0 Å². The van der Waals surface area contributed by atoms with Gasteiger partial charge in [0, 0.05) is 49.5 Å². The van der Waals surface area contributed by atoms with Crippen molar-refractivity contribution in [1.29, 1.82) is 0 Å². The molecular weight excluding hydrogens is 366 g/mol. The highest BCUT2D eigenvalue weighted by Crippen LogP contribution is 2.22. The summed E-state index contributed by atoms with van der Waals surface area (Å²) >= 11 is 7.64. The number of anilines is 1. The van der Waals surface area contributed by atoms with Crippen LogP contribution < -0.4 is 10.2 Å². The zero-order valence-corrected chi connectivity index (χ0v) is 17.0. The van der Waals surface area contributed by atoms with Gasteiger partial charge in [-0.2, -0.15) is 0 Å². The Kier molecular flexibility index (Phi) is 7.14. The standard InChI is InChI=1S/C19H26ClN5S/c1-24-8-10-25(11-9-24)18-16(14-22-19(23-18)26-2)13-21-7-6-15-4-3-5-17(20)12-15/h3-5,12,14,21H,6-11,13H2,1-2H3. The molecule has 0 bridgehead atoms. The van der Waals surface area contributed by atoms with Crippen LogP contribution in [0.4, 0.5) is 5.82 Å². The fourth-order valence-corrected chi connectivity index (χ4v) is 3.59. The lowest BCUT2D eigenvalue weighted by Gasteiger charge is -2.34. The van der Waals surface area contributed by atoms with Gasteiger partial charge in [0.05, 0.1) is 0 Å². The second-order valence-corrected chi connectivity index (χ2v) is 7.76. The fraction of sp³-hybridized carbons (Fsp3) is 0.474. The Balaban J connectivity index is 1.61. The largest absolute Gasteiger partial charge is 0.354 e. The van der Waals surface area contributed by atoms with E-state index in [1.165, 1.54) is 11.1 Å². The molecule has 0 atom stereocenters. The zero-order valence-electron chi connectivity index (χ0n) is 15.4. The topological polar surface area (TPSA) is 44.3 Å². The first-order valence-corrected chi connectivity index (χ1v) is 10.5. The van der Waals surface area contributed by atoms with Crippen LogP contribution in [0.25, 0.3) is 0 Å². The summed E-state index contributed by atoms with van der Waals surface area (Å²) < 4.78 is 0. The van der Waals surface area contributed by atoms with Gasteiger partial charge in [0.15, 0.2) is 5.16 Å². The molecule has 1 fully saturated rings. The molecule has 0 aliphatic carbocycles. The highest BCUT2D eigenvalue weighted by atomic mass is 35.5. The minimum Gasteiger partial charge on any atom is -0.354 e. The van der Waals surface area contributed by atoms with Crippen molar-refractivity contribution in [3.05, 3.63) is 46.6 Å². The summed E-state index contributed by atoms with van der Waals surface area (Å²) in [7, 11) is 2.17. The molecule has 1 aliphatic heterocycles. The Morgan fingerprint density at radius 1 is 1.23 bits per heavy atom. The van der Waals surface area contributed by atoms with E-state index in [1.807, 2.05) is 30.7 Å². The van der Waals surface area contributed by atoms with Crippen molar-refractivity contribution in [3.8, 4) is 0 Å². The summed E-state index contributed by atoms with van der Waals surface area (Å²) in [6.07, 6.45) is 4.94. The van der Waals surface area contributed by atoms with Crippen LogP contribution in [-0.2, 0) is 13.0 Å². The Hall–Kier alpha value is -1.34. The van der Waals surface area contributed by atoms with Crippen molar-refractivity contribution in [2.24, 2.45) is 0 Å². The summed E-state index contributed by atoms with van der Waals surface area (Å²) in [6, 6.07) is 8.04. The molecule has 1 aliphatic rings. The third-order valence-electron chi connectivity index (χ3n) is 4.60. The van der Waals surface area contributed by atoms with Gasteiger partial charge in [0.1, 0.15) is 5.82 Å². The van der Waals surface area contributed by atoms with Gasteiger partial charge in [0.2, 0.25) is 0 Å². The first-order valence-electron chi connectivity index (χ1n) is 8.94. The van der Waals surface area contributed by atoms with Crippen molar-refractivity contribution >= 4 is 29.2 Å². The third-order valence-corrected chi connectivity index (χ3v) is 5.40. The average molecular weight is 392 g/mol. The fourth-order valence-electron chi connectivity index (χ4n) is 3.05. The number of halogens is 1. The molecule has 2 heterocycles. The van der Waals surface area contributed by atoms with Gasteiger partial charge in [-0.15, -0.1) is 0 Å². The number of hydrogen-bond acceptors (Lipinski definition) is 6. The Morgan fingerprint density at radius 3 is 2.77 bits per heavy atom. The Bertz CT molecular complexity index is 719. The van der Waals surface area contributed by atoms with Gasteiger partial charge in [-0.1, -0.05) is 35.5 Å². The van der Waals surface area contributed by atoms with E-state index in [9.17, 15) is 0 Å². The Morgan fingerprint density at radius 2 is 2.04 bits per heavy atom. The molecule has 1 aromatic heterocycles. The molecule has 0 radical (unpaired) electrons. The van der Waals surface area contributed by atoms with E-state index in [4.69, 9.17) is 16.6 Å². The van der Waals surface area contributed by atoms with E-state index in [1.54, 1.807) is 11.8 Å². The maximum Gasteiger partial charge on any atom is 0.189 e. The van der Waals surface area contributed by atoms with Gasteiger partial charge in [-0.3, -0.25) is 0 Å². The smallest absolute Gasteiger partial charge is 0.189 e. The molecule has 0 unspecified atom stereocenters. The molecule has 0 saturated carbocycles. The molecule has 5 nitrogen and oxygen atoms in total. The summed E-state index contributed by atoms with van der Waals surface area (Å²) in [5.74, 6) is 1.08. The molecule has 7 heteroatoms. The van der Waals surface area contributed by atoms with Crippen LogP contribution in [-0.4, -0.2) is 60.9 Å². The SMILES string of the molecule is CSc1ncc(CNCCc2cccc(Cl)c2)c(N2CCN(C)CC2)n1. The monoisotopic (exact) mass is 391 g/mol. The maximum atomic E-state index is 6.05. The van der Waals surface area contributed by atoms with Crippen LogP contribution in [0.5, 0.6) is 0 Å². The van der Waals surface area contributed by atoms with Crippen molar-refractivity contribution in [1.82, 2.24) is 20.2 Å². The number of nitrogens with one attached hydrogen (secondary N) is 1. The Labute approximate surface area is 165 Å². The highest BCUT2D eigenvalue weighted by molar-refractivity contribution is 7.98. The number of nitrogens with zero attached hydrogens (tertiary/aromatic N) is 4. The highest BCUT2D eigenvalue weighted by Gasteiger charge is 2.19. The number of benzene rings is 1. The van der Waals surface area contributed by atoms with Gasteiger partial charge in [-0.25, -0.2) is 9.97 Å². The van der Waals surface area contributed by atoms with Gasteiger partial charge >= 0.3 is 0 Å². The molecular formula is C19H26ClN5S. The molecule has 1 saturated heterocycles. The molecule has 140 valence electrons. The minimum absolute atomic E-state index is 0.775. The van der Waals surface area contributed by atoms with E-state index in [0.717, 1.165) is 61.7 Å². The summed E-state index contributed by atoms with van der Waals surface area (Å²) in [4.78, 5) is 14.0. The number of aromatic nitrogens is 2. The van der Waals surface area contributed by atoms with Crippen molar-refractivity contribution in [2.75, 3.05) is 50.9 Å². The average Bonchev–Trinajstić information content (AvgIpc) is 2.66. The van der Waals surface area contributed by atoms with Crippen LogP contribution in [0.2, 0.25) is 5.02 Å². The van der Waals surface area contributed by atoms with E-state index < -0.39 is 0 Å². The molecule has 1 aromatic carbocycles. The van der Waals surface area contributed by atoms with Crippen molar-refractivity contribution < 1.29 is 0 Å². The zero-order chi connectivity index (χ0) is 18.4. The molecule has 0 spiro atoms. The molecule has 3 rings (SSSR count). The van der Waals surface area contributed by atoms with Gasteiger partial charge < -0.3 is 15.1 Å². The number of rotatable bonds is 7. The number of piperazine rings is 1. The molecule has 26 heavy (non-hydrogen) atoms. The van der Waals surface area contributed by atoms with Crippen LogP contribution in [0.1, 0.15) is 11.1 Å². The maximum absolute atomic E-state index is 6.05. The van der Waals surface area contributed by atoms with Crippen LogP contribution >= 0.6 is 23.4 Å². The summed E-state index contributed by atoms with van der Waals surface area (Å²) in [6.45, 7) is 5.83. The number of likely N-dealkylation sites (N-methyl/N-ethyl adjacent to an activating group) is 1. The summed E-state index contributed by atoms with van der Waals surface area (Å²) in [5.41, 5.74) is 2.41. The molecule has 1 N–H and O–H groups in total. The lowest BCUT2D eigenvalue weighted by Crippen LogP contribution is -2.45. The first-order chi connectivity index (χ1) is 12.7. The lowest BCUT2D eigenvalue weighted by molar-refractivity contribution is 0.311. The van der Waals surface area contributed by atoms with Crippen molar-refractivity contribution in [3.63, 3.8) is 0 Å². The van der Waals surface area contributed by atoms with E-state index in [2.05, 4.69) is 33.2 Å². The second kappa shape index (κ2) is 9.55. The normalized spacial score (nSPS) is 15.4. The van der Waals surface area contributed by atoms with E-state index >= 15 is 0 Å². The van der Waals surface area contributed by atoms with E-state index in [-0.39, 0.29) is 0 Å². The first kappa shape index (κ1) is 19.4. The van der Waals surface area contributed by atoms with Crippen molar-refractivity contribution in [2.45, 2.75) is 18.1 Å². The van der Waals surface area contributed by atoms with Crippen LogP contribution in [0, 0.1) is 0 Å². The lowest BCUT2D eigenvalue weighted by atomic mass is 10.1. The second-order valence-electron chi connectivity index (χ2n) is 6.55. The molecule has 2 aromatic rings. The quantitative estimate of drug-likeness (QED) is 0.444. The molecule has 0 amide bonds.